The monoisotopic (exact) mass is 382 g/mol. The van der Waals surface area contributed by atoms with Crippen molar-refractivity contribution in [2.24, 2.45) is 0 Å². The molecule has 2 N–H and O–H groups in total. The fourth-order valence-electron chi connectivity index (χ4n) is 1.81. The van der Waals surface area contributed by atoms with Crippen LogP contribution in [0.2, 0.25) is 0 Å². The summed E-state index contributed by atoms with van der Waals surface area (Å²) < 4.78 is 27.2. The Hall–Kier alpha value is -1.70. The van der Waals surface area contributed by atoms with E-state index in [-0.39, 0.29) is 22.9 Å². The van der Waals surface area contributed by atoms with Gasteiger partial charge in [-0.25, -0.2) is 13.1 Å². The van der Waals surface area contributed by atoms with Crippen LogP contribution >= 0.6 is 15.9 Å². The van der Waals surface area contributed by atoms with Gasteiger partial charge in [0.05, 0.1) is 4.90 Å². The molecule has 0 heterocycles. The van der Waals surface area contributed by atoms with Gasteiger partial charge in [-0.2, -0.15) is 0 Å². The van der Waals surface area contributed by atoms with Crippen molar-refractivity contribution < 1.29 is 13.2 Å². The molecular formula is C15H15BrN2O3S. The smallest absolute Gasteiger partial charge is 0.255 e. The number of amides is 1. The van der Waals surface area contributed by atoms with Crippen molar-refractivity contribution in [1.82, 2.24) is 4.72 Å². The molecule has 0 saturated heterocycles. The third-order valence-electron chi connectivity index (χ3n) is 2.84. The molecule has 2 rings (SSSR count). The maximum absolute atomic E-state index is 12.2. The molecule has 0 spiro atoms. The number of carbonyl (C=O) groups is 1. The Kier molecular flexibility index (Phi) is 5.33. The lowest BCUT2D eigenvalue weighted by atomic mass is 10.2. The average molecular weight is 383 g/mol. The lowest BCUT2D eigenvalue weighted by Crippen LogP contribution is -2.23. The number of hydrogen-bond donors (Lipinski definition) is 2. The molecule has 1 amide bonds. The first-order chi connectivity index (χ1) is 10.4. The standard InChI is InChI=1S/C15H15BrN2O3S/c1-2-17-22(20,21)14-5-3-4-11(10-14)15(19)18-13-8-6-12(16)7-9-13/h3-10,17H,2H2,1H3,(H,18,19). The molecule has 0 saturated carbocycles. The van der Waals surface area contributed by atoms with Gasteiger partial charge < -0.3 is 5.32 Å². The fourth-order valence-corrected chi connectivity index (χ4v) is 3.17. The quantitative estimate of drug-likeness (QED) is 0.834. The van der Waals surface area contributed by atoms with Gasteiger partial charge in [-0.1, -0.05) is 28.9 Å². The van der Waals surface area contributed by atoms with Crippen molar-refractivity contribution in [3.8, 4) is 0 Å². The molecule has 0 aliphatic rings. The Bertz CT molecular complexity index is 774. The minimum absolute atomic E-state index is 0.0674. The summed E-state index contributed by atoms with van der Waals surface area (Å²) in [5.74, 6) is -0.365. The summed E-state index contributed by atoms with van der Waals surface area (Å²) in [6.45, 7) is 1.99. The highest BCUT2D eigenvalue weighted by Crippen LogP contribution is 2.16. The summed E-state index contributed by atoms with van der Waals surface area (Å²) in [6.07, 6.45) is 0. The molecular weight excluding hydrogens is 368 g/mol. The number of hydrogen-bond acceptors (Lipinski definition) is 3. The summed E-state index contributed by atoms with van der Waals surface area (Å²) in [7, 11) is -3.58. The number of nitrogens with one attached hydrogen (secondary N) is 2. The minimum Gasteiger partial charge on any atom is -0.322 e. The van der Waals surface area contributed by atoms with Gasteiger partial charge >= 0.3 is 0 Å². The number of halogens is 1. The second kappa shape index (κ2) is 7.04. The van der Waals surface area contributed by atoms with Crippen molar-refractivity contribution in [3.63, 3.8) is 0 Å². The highest BCUT2D eigenvalue weighted by molar-refractivity contribution is 9.10. The summed E-state index contributed by atoms with van der Waals surface area (Å²) in [4.78, 5) is 12.3. The van der Waals surface area contributed by atoms with E-state index in [9.17, 15) is 13.2 Å². The predicted molar refractivity (Wildman–Crippen MR) is 89.4 cm³/mol. The van der Waals surface area contributed by atoms with Crippen LogP contribution < -0.4 is 10.0 Å². The van der Waals surface area contributed by atoms with E-state index in [1.165, 1.54) is 12.1 Å². The normalized spacial score (nSPS) is 11.2. The zero-order chi connectivity index (χ0) is 16.2. The predicted octanol–water partition coefficient (Wildman–Crippen LogP) is 3.00. The molecule has 2 aromatic carbocycles. The van der Waals surface area contributed by atoms with Crippen molar-refractivity contribution in [2.75, 3.05) is 11.9 Å². The Labute approximate surface area is 137 Å². The van der Waals surface area contributed by atoms with Crippen LogP contribution in [0.25, 0.3) is 0 Å². The van der Waals surface area contributed by atoms with Gasteiger partial charge in [0.2, 0.25) is 10.0 Å². The van der Waals surface area contributed by atoms with Gasteiger partial charge in [0.25, 0.3) is 5.91 Å². The summed E-state index contributed by atoms with van der Waals surface area (Å²) in [5, 5.41) is 2.72. The average Bonchev–Trinajstić information content (AvgIpc) is 2.50. The molecule has 0 fully saturated rings. The lowest BCUT2D eigenvalue weighted by Gasteiger charge is -2.08. The van der Waals surface area contributed by atoms with Crippen LogP contribution in [0.15, 0.2) is 57.9 Å². The van der Waals surface area contributed by atoms with E-state index >= 15 is 0 Å². The van der Waals surface area contributed by atoms with Crippen molar-refractivity contribution in [1.29, 1.82) is 0 Å². The fraction of sp³-hybridized carbons (Fsp3) is 0.133. The first-order valence-corrected chi connectivity index (χ1v) is 8.86. The number of carbonyl (C=O) groups excluding carboxylic acids is 1. The Morgan fingerprint density at radius 1 is 1.14 bits per heavy atom. The number of rotatable bonds is 5. The second-order valence-corrected chi connectivity index (χ2v) is 7.17. The van der Waals surface area contributed by atoms with E-state index in [4.69, 9.17) is 0 Å². The molecule has 0 aliphatic heterocycles. The van der Waals surface area contributed by atoms with Crippen molar-refractivity contribution >= 4 is 37.5 Å². The van der Waals surface area contributed by atoms with E-state index in [1.54, 1.807) is 31.2 Å². The molecule has 116 valence electrons. The molecule has 2 aromatic rings. The molecule has 0 bridgehead atoms. The van der Waals surface area contributed by atoms with E-state index in [0.29, 0.717) is 5.69 Å². The van der Waals surface area contributed by atoms with E-state index in [2.05, 4.69) is 26.0 Å². The third-order valence-corrected chi connectivity index (χ3v) is 4.91. The Morgan fingerprint density at radius 3 is 2.45 bits per heavy atom. The zero-order valence-electron chi connectivity index (χ0n) is 11.8. The highest BCUT2D eigenvalue weighted by Gasteiger charge is 2.15. The largest absolute Gasteiger partial charge is 0.322 e. The first kappa shape index (κ1) is 16.7. The first-order valence-electron chi connectivity index (χ1n) is 6.59. The highest BCUT2D eigenvalue weighted by atomic mass is 79.9. The number of anilines is 1. The van der Waals surface area contributed by atoms with Gasteiger partial charge in [-0.05, 0) is 42.5 Å². The molecule has 22 heavy (non-hydrogen) atoms. The molecule has 0 aromatic heterocycles. The Morgan fingerprint density at radius 2 is 1.82 bits per heavy atom. The van der Waals surface area contributed by atoms with Crippen LogP contribution in [-0.4, -0.2) is 20.9 Å². The van der Waals surface area contributed by atoms with Gasteiger partial charge in [0, 0.05) is 22.3 Å². The lowest BCUT2D eigenvalue weighted by molar-refractivity contribution is 0.102. The summed E-state index contributed by atoms with van der Waals surface area (Å²) in [5.41, 5.74) is 0.912. The Balaban J connectivity index is 2.22. The molecule has 0 atom stereocenters. The van der Waals surface area contributed by atoms with E-state index in [1.807, 2.05) is 12.1 Å². The topological polar surface area (TPSA) is 75.3 Å². The zero-order valence-corrected chi connectivity index (χ0v) is 14.2. The van der Waals surface area contributed by atoms with E-state index < -0.39 is 10.0 Å². The van der Waals surface area contributed by atoms with Crippen LogP contribution in [0.1, 0.15) is 17.3 Å². The molecule has 0 radical (unpaired) electrons. The maximum Gasteiger partial charge on any atom is 0.255 e. The van der Waals surface area contributed by atoms with Crippen LogP contribution in [0.5, 0.6) is 0 Å². The SMILES string of the molecule is CCNS(=O)(=O)c1cccc(C(=O)Nc2ccc(Br)cc2)c1. The number of sulfonamides is 1. The minimum atomic E-state index is -3.58. The second-order valence-electron chi connectivity index (χ2n) is 4.49. The van der Waals surface area contributed by atoms with Gasteiger partial charge in [-0.15, -0.1) is 0 Å². The summed E-state index contributed by atoms with van der Waals surface area (Å²) in [6, 6.07) is 13.0. The maximum atomic E-state index is 12.2. The molecule has 7 heteroatoms. The van der Waals surface area contributed by atoms with Gasteiger partial charge in [-0.3, -0.25) is 4.79 Å². The van der Waals surface area contributed by atoms with E-state index in [0.717, 1.165) is 4.47 Å². The molecule has 0 aliphatic carbocycles. The molecule has 5 nitrogen and oxygen atoms in total. The number of benzene rings is 2. The van der Waals surface area contributed by atoms with Gasteiger partial charge in [0.15, 0.2) is 0 Å². The molecule has 0 unspecified atom stereocenters. The van der Waals surface area contributed by atoms with Crippen molar-refractivity contribution in [2.45, 2.75) is 11.8 Å². The van der Waals surface area contributed by atoms with Crippen LogP contribution in [0.4, 0.5) is 5.69 Å². The summed E-state index contributed by atoms with van der Waals surface area (Å²) >= 11 is 3.32. The van der Waals surface area contributed by atoms with Gasteiger partial charge in [0.1, 0.15) is 0 Å². The van der Waals surface area contributed by atoms with Crippen LogP contribution in [-0.2, 0) is 10.0 Å². The van der Waals surface area contributed by atoms with Crippen LogP contribution in [0.3, 0.4) is 0 Å². The van der Waals surface area contributed by atoms with Crippen molar-refractivity contribution in [3.05, 3.63) is 58.6 Å². The van der Waals surface area contributed by atoms with Crippen LogP contribution in [0, 0.1) is 0 Å². The third kappa shape index (κ3) is 4.16.